The van der Waals surface area contributed by atoms with Gasteiger partial charge in [-0.3, -0.25) is 14.0 Å². The van der Waals surface area contributed by atoms with Crippen LogP contribution in [0.4, 0.5) is 0 Å². The summed E-state index contributed by atoms with van der Waals surface area (Å²) in [5.41, 5.74) is 3.61. The fourth-order valence-corrected chi connectivity index (χ4v) is 4.04. The molecule has 29 heavy (non-hydrogen) atoms. The van der Waals surface area contributed by atoms with Crippen LogP contribution in [0, 0.1) is 0 Å². The van der Waals surface area contributed by atoms with Crippen molar-refractivity contribution < 1.29 is 0 Å². The highest BCUT2D eigenvalue weighted by molar-refractivity contribution is 6.31. The van der Waals surface area contributed by atoms with Gasteiger partial charge in [-0.05, 0) is 47.9 Å². The van der Waals surface area contributed by atoms with Crippen molar-refractivity contribution in [3.05, 3.63) is 92.2 Å². The molecule has 0 fully saturated rings. The molecule has 5 nitrogen and oxygen atoms in total. The third-order valence-electron chi connectivity index (χ3n) is 5.09. The van der Waals surface area contributed by atoms with E-state index >= 15 is 0 Å². The zero-order valence-electron chi connectivity index (χ0n) is 15.3. The van der Waals surface area contributed by atoms with E-state index in [2.05, 4.69) is 5.10 Å². The van der Waals surface area contributed by atoms with E-state index in [1.54, 1.807) is 22.8 Å². The smallest absolute Gasteiger partial charge is 0.261 e. The molecule has 0 N–H and O–H groups in total. The maximum atomic E-state index is 12.8. The molecule has 2 aromatic carbocycles. The van der Waals surface area contributed by atoms with Gasteiger partial charge in [-0.2, -0.15) is 5.10 Å². The van der Waals surface area contributed by atoms with E-state index in [0.717, 1.165) is 28.1 Å². The van der Waals surface area contributed by atoms with Gasteiger partial charge in [0.15, 0.2) is 0 Å². The fourth-order valence-electron chi connectivity index (χ4n) is 3.67. The number of halogens is 2. The summed E-state index contributed by atoms with van der Waals surface area (Å²) in [5, 5.41) is 6.25. The molecular formula is C22H16Cl2N4O. The summed E-state index contributed by atoms with van der Waals surface area (Å²) in [6, 6.07) is 13.0. The maximum Gasteiger partial charge on any atom is 0.261 e. The number of hydrogen-bond donors (Lipinski definition) is 0. The van der Waals surface area contributed by atoms with Gasteiger partial charge in [0.05, 0.1) is 23.6 Å². The molecule has 4 aromatic rings. The summed E-state index contributed by atoms with van der Waals surface area (Å²) in [5.74, 6) is 0.712. The standard InChI is InChI=1S/C22H16Cl2N4O/c23-17-5-6-20-18(10-17)22(29)28-8-7-15(21(28)26-20)9-14-11-25-27(12-14)13-16-3-1-2-4-19(16)24/h1-6,9-12H,7-8,13H2/b15-9-. The van der Waals surface area contributed by atoms with E-state index in [1.807, 2.05) is 47.4 Å². The number of nitrogens with zero attached hydrogens (tertiary/aromatic N) is 4. The molecule has 0 bridgehead atoms. The van der Waals surface area contributed by atoms with Crippen molar-refractivity contribution >= 4 is 45.8 Å². The first kappa shape index (κ1) is 18.2. The van der Waals surface area contributed by atoms with E-state index in [-0.39, 0.29) is 5.56 Å². The van der Waals surface area contributed by atoms with Gasteiger partial charge < -0.3 is 0 Å². The summed E-state index contributed by atoms with van der Waals surface area (Å²) >= 11 is 12.3. The summed E-state index contributed by atoms with van der Waals surface area (Å²) < 4.78 is 3.57. The molecule has 7 heteroatoms. The first-order chi connectivity index (χ1) is 14.1. The molecule has 0 radical (unpaired) electrons. The second-order valence-electron chi connectivity index (χ2n) is 7.04. The number of fused-ring (bicyclic) bond motifs is 2. The molecule has 0 saturated heterocycles. The number of benzene rings is 2. The Bertz CT molecular complexity index is 1340. The maximum absolute atomic E-state index is 12.8. The molecule has 1 aliphatic rings. The average Bonchev–Trinajstić information content (AvgIpc) is 3.32. The van der Waals surface area contributed by atoms with Crippen LogP contribution >= 0.6 is 23.2 Å². The lowest BCUT2D eigenvalue weighted by atomic mass is 10.1. The number of aromatic nitrogens is 4. The predicted octanol–water partition coefficient (Wildman–Crippen LogP) is 4.89. The largest absolute Gasteiger partial charge is 0.292 e. The molecule has 0 atom stereocenters. The van der Waals surface area contributed by atoms with Gasteiger partial charge in [0, 0.05) is 28.4 Å². The van der Waals surface area contributed by atoms with Gasteiger partial charge in [-0.15, -0.1) is 0 Å². The Morgan fingerprint density at radius 3 is 2.86 bits per heavy atom. The summed E-state index contributed by atoms with van der Waals surface area (Å²) in [6.45, 7) is 1.21. The zero-order chi connectivity index (χ0) is 20.0. The Balaban J connectivity index is 1.49. The monoisotopic (exact) mass is 422 g/mol. The first-order valence-corrected chi connectivity index (χ1v) is 10.0. The minimum absolute atomic E-state index is 0.0506. The lowest BCUT2D eigenvalue weighted by Crippen LogP contribution is -2.20. The molecule has 3 heterocycles. The minimum Gasteiger partial charge on any atom is -0.292 e. The molecule has 5 rings (SSSR count). The van der Waals surface area contributed by atoms with Crippen LogP contribution in [0.1, 0.15) is 23.4 Å². The summed E-state index contributed by atoms with van der Waals surface area (Å²) in [6.07, 6.45) is 6.58. The highest BCUT2D eigenvalue weighted by Crippen LogP contribution is 2.28. The van der Waals surface area contributed by atoms with E-state index in [4.69, 9.17) is 28.2 Å². The molecule has 0 aliphatic carbocycles. The Morgan fingerprint density at radius 1 is 1.14 bits per heavy atom. The fraction of sp³-hybridized carbons (Fsp3) is 0.136. The SMILES string of the molecule is O=c1c2cc(Cl)ccc2nc2n1CC/C2=C/c1cnn(Cc2ccccc2Cl)c1. The van der Waals surface area contributed by atoms with Crippen molar-refractivity contribution in [2.45, 2.75) is 19.5 Å². The van der Waals surface area contributed by atoms with Gasteiger partial charge in [0.25, 0.3) is 5.56 Å². The average molecular weight is 423 g/mol. The van der Waals surface area contributed by atoms with Crippen molar-refractivity contribution in [2.75, 3.05) is 0 Å². The Hall–Kier alpha value is -2.89. The summed E-state index contributed by atoms with van der Waals surface area (Å²) in [4.78, 5) is 17.5. The van der Waals surface area contributed by atoms with Crippen LogP contribution in [0.3, 0.4) is 0 Å². The lowest BCUT2D eigenvalue weighted by molar-refractivity contribution is 0.687. The zero-order valence-corrected chi connectivity index (χ0v) is 16.9. The molecule has 1 aliphatic heterocycles. The van der Waals surface area contributed by atoms with E-state index in [1.165, 1.54) is 0 Å². The van der Waals surface area contributed by atoms with Crippen molar-refractivity contribution in [1.29, 1.82) is 0 Å². The highest BCUT2D eigenvalue weighted by Gasteiger charge is 2.21. The van der Waals surface area contributed by atoms with Crippen LogP contribution in [0.25, 0.3) is 22.6 Å². The molecule has 0 unspecified atom stereocenters. The Morgan fingerprint density at radius 2 is 2.00 bits per heavy atom. The van der Waals surface area contributed by atoms with Crippen molar-refractivity contribution in [3.63, 3.8) is 0 Å². The van der Waals surface area contributed by atoms with E-state index < -0.39 is 0 Å². The van der Waals surface area contributed by atoms with Gasteiger partial charge in [0.1, 0.15) is 5.82 Å². The van der Waals surface area contributed by atoms with Crippen LogP contribution in [0.15, 0.2) is 59.7 Å². The second kappa shape index (κ2) is 7.17. The topological polar surface area (TPSA) is 52.7 Å². The van der Waals surface area contributed by atoms with Crippen molar-refractivity contribution in [1.82, 2.24) is 19.3 Å². The molecule has 0 saturated carbocycles. The van der Waals surface area contributed by atoms with Crippen molar-refractivity contribution in [3.8, 4) is 0 Å². The molecule has 144 valence electrons. The van der Waals surface area contributed by atoms with Crippen LogP contribution in [0.2, 0.25) is 10.0 Å². The van der Waals surface area contributed by atoms with Crippen LogP contribution in [-0.2, 0) is 13.1 Å². The normalized spacial score (nSPS) is 14.6. The number of hydrogen-bond acceptors (Lipinski definition) is 3. The molecular weight excluding hydrogens is 407 g/mol. The lowest BCUT2D eigenvalue weighted by Gasteiger charge is -2.05. The Labute approximate surface area is 176 Å². The number of rotatable bonds is 3. The van der Waals surface area contributed by atoms with Gasteiger partial charge in [-0.25, -0.2) is 4.98 Å². The van der Waals surface area contributed by atoms with Gasteiger partial charge >= 0.3 is 0 Å². The number of allylic oxidation sites excluding steroid dienone is 1. The van der Waals surface area contributed by atoms with Crippen LogP contribution in [-0.4, -0.2) is 19.3 Å². The molecule has 0 spiro atoms. The van der Waals surface area contributed by atoms with E-state index in [9.17, 15) is 4.79 Å². The third-order valence-corrected chi connectivity index (χ3v) is 5.70. The predicted molar refractivity (Wildman–Crippen MR) is 116 cm³/mol. The highest BCUT2D eigenvalue weighted by atomic mass is 35.5. The Kier molecular flexibility index (Phi) is 4.49. The van der Waals surface area contributed by atoms with Crippen LogP contribution in [0.5, 0.6) is 0 Å². The summed E-state index contributed by atoms with van der Waals surface area (Å²) in [7, 11) is 0. The molecule has 2 aromatic heterocycles. The second-order valence-corrected chi connectivity index (χ2v) is 7.88. The third kappa shape index (κ3) is 3.37. The molecule has 0 amide bonds. The first-order valence-electron chi connectivity index (χ1n) is 9.25. The van der Waals surface area contributed by atoms with Crippen molar-refractivity contribution in [2.24, 2.45) is 0 Å². The van der Waals surface area contributed by atoms with Gasteiger partial charge in [-0.1, -0.05) is 41.4 Å². The minimum atomic E-state index is -0.0506. The van der Waals surface area contributed by atoms with Crippen LogP contribution < -0.4 is 5.56 Å². The van der Waals surface area contributed by atoms with Gasteiger partial charge in [0.2, 0.25) is 0 Å². The quantitative estimate of drug-likeness (QED) is 0.472. The van der Waals surface area contributed by atoms with E-state index in [0.29, 0.717) is 34.8 Å².